The lowest BCUT2D eigenvalue weighted by Crippen LogP contribution is -2.45. The van der Waals surface area contributed by atoms with Crippen LogP contribution in [0.2, 0.25) is 0 Å². The van der Waals surface area contributed by atoms with Gasteiger partial charge in [-0.1, -0.05) is 19.1 Å². The molecule has 6 nitrogen and oxygen atoms in total. The van der Waals surface area contributed by atoms with Crippen LogP contribution in [0.15, 0.2) is 34.2 Å². The van der Waals surface area contributed by atoms with E-state index in [4.69, 9.17) is 4.99 Å². The van der Waals surface area contributed by atoms with Crippen LogP contribution in [0.1, 0.15) is 45.1 Å². The Labute approximate surface area is 163 Å². The van der Waals surface area contributed by atoms with E-state index in [9.17, 15) is 8.42 Å². The van der Waals surface area contributed by atoms with Gasteiger partial charge in [0.2, 0.25) is 10.0 Å². The van der Waals surface area contributed by atoms with Crippen molar-refractivity contribution in [3.63, 3.8) is 0 Å². The monoisotopic (exact) mass is 392 g/mol. The minimum atomic E-state index is -3.34. The summed E-state index contributed by atoms with van der Waals surface area (Å²) >= 11 is 0. The number of likely N-dealkylation sites (tertiary alicyclic amines) is 1. The molecule has 0 spiro atoms. The number of piperidine rings is 1. The Kier molecular flexibility index (Phi) is 6.76. The van der Waals surface area contributed by atoms with Gasteiger partial charge in [-0.2, -0.15) is 4.31 Å². The Morgan fingerprint density at radius 3 is 2.33 bits per heavy atom. The molecule has 1 aromatic rings. The van der Waals surface area contributed by atoms with Gasteiger partial charge in [0.15, 0.2) is 5.96 Å². The number of aliphatic imine (C=N–C) groups is 1. The van der Waals surface area contributed by atoms with Crippen LogP contribution in [0.25, 0.3) is 0 Å². The summed E-state index contributed by atoms with van der Waals surface area (Å²) in [6.07, 6.45) is 4.31. The molecule has 2 fully saturated rings. The van der Waals surface area contributed by atoms with Crippen LogP contribution in [-0.2, 0) is 16.6 Å². The van der Waals surface area contributed by atoms with Crippen molar-refractivity contribution in [3.05, 3.63) is 29.8 Å². The zero-order chi connectivity index (χ0) is 19.3. The van der Waals surface area contributed by atoms with Gasteiger partial charge < -0.3 is 10.2 Å². The third-order valence-electron chi connectivity index (χ3n) is 5.46. The molecule has 2 saturated heterocycles. The summed E-state index contributed by atoms with van der Waals surface area (Å²) in [5.74, 6) is 1.74. The van der Waals surface area contributed by atoms with E-state index in [2.05, 4.69) is 24.1 Å². The van der Waals surface area contributed by atoms with Gasteiger partial charge in [-0.15, -0.1) is 0 Å². The second-order valence-corrected chi connectivity index (χ2v) is 9.53. The number of hydrogen-bond donors (Lipinski definition) is 1. The van der Waals surface area contributed by atoms with Gasteiger partial charge in [-0.25, -0.2) is 13.4 Å². The quantitative estimate of drug-likeness (QED) is 0.618. The van der Waals surface area contributed by atoms with Crippen LogP contribution in [0.3, 0.4) is 0 Å². The number of nitrogens with one attached hydrogen (secondary N) is 1. The standard InChI is InChI=1S/C20H32N4O2S/c1-3-21-20(23-14-10-17(2)11-15-23)22-16-18-6-8-19(9-7-18)27(25,26)24-12-4-5-13-24/h6-9,17H,3-5,10-16H2,1-2H3,(H,21,22). The molecule has 150 valence electrons. The van der Waals surface area contributed by atoms with Crippen LogP contribution < -0.4 is 5.32 Å². The van der Waals surface area contributed by atoms with Crippen molar-refractivity contribution in [2.24, 2.45) is 10.9 Å². The topological polar surface area (TPSA) is 65.0 Å². The van der Waals surface area contributed by atoms with Crippen molar-refractivity contribution in [2.45, 2.75) is 51.0 Å². The van der Waals surface area contributed by atoms with Crippen LogP contribution >= 0.6 is 0 Å². The van der Waals surface area contributed by atoms with Gasteiger partial charge in [-0.05, 0) is 56.2 Å². The van der Waals surface area contributed by atoms with Crippen molar-refractivity contribution < 1.29 is 8.42 Å². The van der Waals surface area contributed by atoms with Gasteiger partial charge in [0, 0.05) is 32.7 Å². The lowest BCUT2D eigenvalue weighted by Gasteiger charge is -2.33. The first-order valence-corrected chi connectivity index (χ1v) is 11.6. The Morgan fingerprint density at radius 2 is 1.74 bits per heavy atom. The first-order valence-electron chi connectivity index (χ1n) is 10.1. The molecular weight excluding hydrogens is 360 g/mol. The average Bonchev–Trinajstić information content (AvgIpc) is 3.22. The highest BCUT2D eigenvalue weighted by atomic mass is 32.2. The molecule has 0 amide bonds. The smallest absolute Gasteiger partial charge is 0.243 e. The van der Waals surface area contributed by atoms with E-state index in [0.717, 1.165) is 49.9 Å². The maximum absolute atomic E-state index is 12.6. The summed E-state index contributed by atoms with van der Waals surface area (Å²) in [7, 11) is -3.34. The van der Waals surface area contributed by atoms with Crippen LogP contribution in [0.4, 0.5) is 0 Å². The summed E-state index contributed by atoms with van der Waals surface area (Å²) in [5.41, 5.74) is 1.02. The second-order valence-electron chi connectivity index (χ2n) is 7.59. The highest BCUT2D eigenvalue weighted by Crippen LogP contribution is 2.21. The van der Waals surface area contributed by atoms with Gasteiger partial charge >= 0.3 is 0 Å². The van der Waals surface area contributed by atoms with Crippen molar-refractivity contribution >= 4 is 16.0 Å². The molecular formula is C20H32N4O2S. The SMILES string of the molecule is CCNC(=NCc1ccc(S(=O)(=O)N2CCCC2)cc1)N1CCC(C)CC1. The number of hydrogen-bond acceptors (Lipinski definition) is 3. The largest absolute Gasteiger partial charge is 0.357 e. The predicted molar refractivity (Wildman–Crippen MR) is 109 cm³/mol. The average molecular weight is 393 g/mol. The molecule has 0 unspecified atom stereocenters. The summed E-state index contributed by atoms with van der Waals surface area (Å²) in [6.45, 7) is 9.14. The fraction of sp³-hybridized carbons (Fsp3) is 0.650. The molecule has 2 aliphatic heterocycles. The minimum absolute atomic E-state index is 0.383. The molecule has 2 heterocycles. The summed E-state index contributed by atoms with van der Waals surface area (Å²) in [5, 5.41) is 3.38. The molecule has 1 N–H and O–H groups in total. The van der Waals surface area contributed by atoms with Crippen molar-refractivity contribution in [1.82, 2.24) is 14.5 Å². The molecule has 0 aromatic heterocycles. The maximum Gasteiger partial charge on any atom is 0.243 e. The predicted octanol–water partition coefficient (Wildman–Crippen LogP) is 2.67. The second kappa shape index (κ2) is 9.06. The van der Waals surface area contributed by atoms with Crippen LogP contribution in [0, 0.1) is 5.92 Å². The summed E-state index contributed by atoms with van der Waals surface area (Å²) in [4.78, 5) is 7.49. The number of nitrogens with zero attached hydrogens (tertiary/aromatic N) is 3. The van der Waals surface area contributed by atoms with E-state index < -0.39 is 10.0 Å². The molecule has 0 saturated carbocycles. The fourth-order valence-electron chi connectivity index (χ4n) is 3.66. The number of rotatable bonds is 5. The summed E-state index contributed by atoms with van der Waals surface area (Å²) < 4.78 is 26.8. The van der Waals surface area contributed by atoms with Crippen LogP contribution in [0.5, 0.6) is 0 Å². The Morgan fingerprint density at radius 1 is 1.11 bits per heavy atom. The highest BCUT2D eigenvalue weighted by molar-refractivity contribution is 7.89. The van der Waals surface area contributed by atoms with Crippen molar-refractivity contribution in [2.75, 3.05) is 32.7 Å². The highest BCUT2D eigenvalue weighted by Gasteiger charge is 2.26. The Bertz CT molecular complexity index is 732. The van der Waals surface area contributed by atoms with Crippen molar-refractivity contribution in [3.8, 4) is 0 Å². The van der Waals surface area contributed by atoms with E-state index in [0.29, 0.717) is 24.5 Å². The number of benzene rings is 1. The third-order valence-corrected chi connectivity index (χ3v) is 7.37. The van der Waals surface area contributed by atoms with E-state index in [1.807, 2.05) is 12.1 Å². The fourth-order valence-corrected chi connectivity index (χ4v) is 5.17. The molecule has 0 aliphatic carbocycles. The lowest BCUT2D eigenvalue weighted by molar-refractivity contribution is 0.273. The van der Waals surface area contributed by atoms with Gasteiger partial charge in [-0.3, -0.25) is 0 Å². The van der Waals surface area contributed by atoms with Gasteiger partial charge in [0.05, 0.1) is 11.4 Å². The maximum atomic E-state index is 12.6. The molecule has 3 rings (SSSR count). The molecule has 0 radical (unpaired) electrons. The van der Waals surface area contributed by atoms with Gasteiger partial charge in [0.25, 0.3) is 0 Å². The first-order chi connectivity index (χ1) is 13.0. The van der Waals surface area contributed by atoms with Crippen LogP contribution in [-0.4, -0.2) is 56.3 Å². The first kappa shape index (κ1) is 20.1. The van der Waals surface area contributed by atoms with Gasteiger partial charge in [0.1, 0.15) is 0 Å². The molecule has 0 atom stereocenters. The molecule has 0 bridgehead atoms. The minimum Gasteiger partial charge on any atom is -0.357 e. The number of guanidine groups is 1. The summed E-state index contributed by atoms with van der Waals surface area (Å²) in [6, 6.07) is 7.20. The van der Waals surface area contributed by atoms with E-state index >= 15 is 0 Å². The zero-order valence-electron chi connectivity index (χ0n) is 16.5. The Hall–Kier alpha value is -1.60. The lowest BCUT2D eigenvalue weighted by atomic mass is 10.00. The van der Waals surface area contributed by atoms with Crippen molar-refractivity contribution in [1.29, 1.82) is 0 Å². The molecule has 2 aliphatic rings. The normalized spacial score (nSPS) is 20.2. The van der Waals surface area contributed by atoms with E-state index in [-0.39, 0.29) is 0 Å². The van der Waals surface area contributed by atoms with E-state index in [1.54, 1.807) is 16.4 Å². The molecule has 7 heteroatoms. The number of sulfonamides is 1. The van der Waals surface area contributed by atoms with E-state index in [1.165, 1.54) is 12.8 Å². The zero-order valence-corrected chi connectivity index (χ0v) is 17.3. The molecule has 27 heavy (non-hydrogen) atoms. The molecule has 1 aromatic carbocycles. The Balaban J connectivity index is 1.66. The third kappa shape index (κ3) is 5.02.